The molecule has 9 nitrogen and oxygen atoms in total. The minimum Gasteiger partial charge on any atom is -0.258 e. The maximum absolute atomic E-state index is 11.9. The van der Waals surface area contributed by atoms with E-state index in [2.05, 4.69) is 6.07 Å². The minimum atomic E-state index is -5.17. The highest BCUT2D eigenvalue weighted by Gasteiger charge is 2.62. The number of carbonyl (C=O) groups excluding carboxylic acids is 2. The number of nitro benzene ring substituents is 1. The van der Waals surface area contributed by atoms with E-state index in [-0.39, 0.29) is 12.8 Å². The molecule has 1 radical (unpaired) electrons. The summed E-state index contributed by atoms with van der Waals surface area (Å²) >= 11 is 0. The highest BCUT2D eigenvalue weighted by molar-refractivity contribution is 7.86. The van der Waals surface area contributed by atoms with Crippen LogP contribution in [0.15, 0.2) is 18.2 Å². The number of nitrogens with zero attached hydrogens (tertiary/aromatic N) is 2. The number of amides is 2. The van der Waals surface area contributed by atoms with Crippen molar-refractivity contribution in [2.24, 2.45) is 0 Å². The van der Waals surface area contributed by atoms with Crippen molar-refractivity contribution in [3.8, 4) is 0 Å². The number of imide groups is 1. The standard InChI is InChI=1S/C10H7N2O7S/c13-9-4-5-10(14)12(9,20(17,18)19)8-3-1-2-7(6-8)11(15)16/h1-2,6H,4-5H2/p+1. The smallest absolute Gasteiger partial charge is 0.258 e. The molecule has 0 atom stereocenters. The Morgan fingerprint density at radius 2 is 1.85 bits per heavy atom. The first-order valence-electron chi connectivity index (χ1n) is 5.31. The van der Waals surface area contributed by atoms with E-state index in [1.54, 1.807) is 0 Å². The molecule has 0 spiro atoms. The van der Waals surface area contributed by atoms with Crippen molar-refractivity contribution in [1.82, 2.24) is 3.89 Å². The van der Waals surface area contributed by atoms with Crippen molar-refractivity contribution in [1.29, 1.82) is 0 Å². The van der Waals surface area contributed by atoms with E-state index in [0.717, 1.165) is 18.2 Å². The number of non-ortho nitro benzene ring substituents is 1. The molecule has 2 amide bonds. The first-order valence-corrected chi connectivity index (χ1v) is 6.71. The largest absolute Gasteiger partial charge is 0.452 e. The molecule has 20 heavy (non-hydrogen) atoms. The van der Waals surface area contributed by atoms with Crippen LogP contribution in [-0.2, 0) is 19.9 Å². The molecule has 1 aliphatic heterocycles. The van der Waals surface area contributed by atoms with Crippen LogP contribution in [0.3, 0.4) is 0 Å². The lowest BCUT2D eigenvalue weighted by molar-refractivity contribution is -0.384. The number of quaternary nitrogens is 1. The van der Waals surface area contributed by atoms with Gasteiger partial charge in [0, 0.05) is 6.07 Å². The Balaban J connectivity index is 2.78. The lowest BCUT2D eigenvalue weighted by atomic mass is 10.2. The fourth-order valence-corrected chi connectivity index (χ4v) is 3.11. The van der Waals surface area contributed by atoms with Crippen molar-refractivity contribution in [2.45, 2.75) is 12.8 Å². The molecule has 1 aromatic carbocycles. The van der Waals surface area contributed by atoms with Gasteiger partial charge in [-0.1, -0.05) is 0 Å². The summed E-state index contributed by atoms with van der Waals surface area (Å²) in [7, 11) is -5.17. The first kappa shape index (κ1) is 14.2. The van der Waals surface area contributed by atoms with Gasteiger partial charge in [-0.15, -0.1) is 8.42 Å². The van der Waals surface area contributed by atoms with Crippen LogP contribution in [0, 0.1) is 16.2 Å². The molecule has 1 heterocycles. The third-order valence-corrected chi connectivity index (χ3v) is 4.22. The molecular weight excluding hydrogens is 292 g/mol. The summed E-state index contributed by atoms with van der Waals surface area (Å²) in [6, 6.07) is 5.07. The van der Waals surface area contributed by atoms with E-state index in [1.165, 1.54) is 0 Å². The van der Waals surface area contributed by atoms with Crippen LogP contribution >= 0.6 is 0 Å². The fraction of sp³-hybridized carbons (Fsp3) is 0.200. The molecule has 1 aromatic rings. The Bertz CT molecular complexity index is 709. The molecule has 0 saturated carbocycles. The van der Waals surface area contributed by atoms with Gasteiger partial charge in [0.15, 0.2) is 5.69 Å². The van der Waals surface area contributed by atoms with Crippen LogP contribution < -0.4 is 3.89 Å². The van der Waals surface area contributed by atoms with Gasteiger partial charge in [-0.25, -0.2) is 14.1 Å². The van der Waals surface area contributed by atoms with E-state index in [1.807, 2.05) is 0 Å². The predicted molar refractivity (Wildman–Crippen MR) is 64.5 cm³/mol. The average molecular weight is 300 g/mol. The summed E-state index contributed by atoms with van der Waals surface area (Å²) < 4.78 is 30.4. The number of rotatable bonds is 3. The highest BCUT2D eigenvalue weighted by atomic mass is 32.2. The fourth-order valence-electron chi connectivity index (χ4n) is 2.06. The van der Waals surface area contributed by atoms with Crippen molar-refractivity contribution in [3.05, 3.63) is 34.4 Å². The van der Waals surface area contributed by atoms with Crippen molar-refractivity contribution in [3.63, 3.8) is 0 Å². The van der Waals surface area contributed by atoms with Gasteiger partial charge in [-0.05, 0) is 9.95 Å². The first-order chi connectivity index (χ1) is 9.21. The Morgan fingerprint density at radius 1 is 1.30 bits per heavy atom. The summed E-state index contributed by atoms with van der Waals surface area (Å²) in [5.74, 6) is -2.15. The second-order valence-electron chi connectivity index (χ2n) is 4.03. The molecule has 2 rings (SSSR count). The van der Waals surface area contributed by atoms with Crippen LogP contribution in [-0.4, -0.2) is 29.7 Å². The third kappa shape index (κ3) is 1.81. The lowest BCUT2D eigenvalue weighted by Crippen LogP contribution is -2.57. The zero-order valence-electron chi connectivity index (χ0n) is 9.85. The zero-order valence-corrected chi connectivity index (χ0v) is 10.7. The highest BCUT2D eigenvalue weighted by Crippen LogP contribution is 2.36. The maximum atomic E-state index is 11.9. The molecule has 0 aromatic heterocycles. The van der Waals surface area contributed by atoms with Crippen LogP contribution in [0.5, 0.6) is 0 Å². The molecule has 105 valence electrons. The van der Waals surface area contributed by atoms with Crippen molar-refractivity contribution >= 4 is 33.5 Å². The molecule has 0 aliphatic carbocycles. The number of hydrogen-bond acceptors (Lipinski definition) is 6. The predicted octanol–water partition coefficient (Wildman–Crippen LogP) is 0.352. The van der Waals surface area contributed by atoms with Crippen LogP contribution in [0.25, 0.3) is 0 Å². The Hall–Kier alpha value is -2.17. The number of carbonyl (C=O) groups is 2. The summed E-state index contributed by atoms with van der Waals surface area (Å²) in [5, 5.41) is 10.7. The SMILES string of the molecule is O=C1CCC(=O)[N+]1(c1[c]ccc([N+](=O)[O-])c1)S(=O)(=O)O. The summed E-state index contributed by atoms with van der Waals surface area (Å²) in [5.41, 5.74) is -1.11. The number of hydrogen-bond donors (Lipinski definition) is 1. The Morgan fingerprint density at radius 3 is 2.30 bits per heavy atom. The summed E-state index contributed by atoms with van der Waals surface area (Å²) in [6.07, 6.45) is -0.760. The second kappa shape index (κ2) is 4.44. The molecule has 1 fully saturated rings. The molecule has 1 saturated heterocycles. The van der Waals surface area contributed by atoms with Crippen molar-refractivity contribution in [2.75, 3.05) is 0 Å². The topological polar surface area (TPSA) is 132 Å². The molecular formula is C10H8N2O7S+. The quantitative estimate of drug-likeness (QED) is 0.280. The van der Waals surface area contributed by atoms with Crippen LogP contribution in [0.2, 0.25) is 0 Å². The normalized spacial score (nSPS) is 18.2. The van der Waals surface area contributed by atoms with Gasteiger partial charge < -0.3 is 0 Å². The minimum absolute atomic E-state index is 0.380. The van der Waals surface area contributed by atoms with Crippen LogP contribution in [0.1, 0.15) is 12.8 Å². The van der Waals surface area contributed by atoms with E-state index < -0.39 is 42.3 Å². The lowest BCUT2D eigenvalue weighted by Gasteiger charge is -2.22. The Kier molecular flexibility index (Phi) is 3.16. The molecule has 0 unspecified atom stereocenters. The van der Waals surface area contributed by atoms with Gasteiger partial charge in [0.2, 0.25) is 0 Å². The maximum Gasteiger partial charge on any atom is 0.452 e. The van der Waals surface area contributed by atoms with Crippen molar-refractivity contribution < 1.29 is 27.5 Å². The second-order valence-corrected chi connectivity index (χ2v) is 5.48. The molecule has 0 bridgehead atoms. The van der Waals surface area contributed by atoms with Gasteiger partial charge >= 0.3 is 22.1 Å². The monoisotopic (exact) mass is 300 g/mol. The number of benzene rings is 1. The number of nitro groups is 1. The third-order valence-electron chi connectivity index (χ3n) is 2.92. The molecule has 1 N–H and O–H groups in total. The van der Waals surface area contributed by atoms with E-state index in [0.29, 0.717) is 0 Å². The van der Waals surface area contributed by atoms with Gasteiger partial charge in [0.1, 0.15) is 0 Å². The zero-order chi connectivity index (χ0) is 15.1. The summed E-state index contributed by atoms with van der Waals surface area (Å²) in [4.78, 5) is 33.6. The molecule has 10 heteroatoms. The van der Waals surface area contributed by atoms with Gasteiger partial charge in [0.05, 0.1) is 29.9 Å². The van der Waals surface area contributed by atoms with E-state index in [4.69, 9.17) is 0 Å². The summed E-state index contributed by atoms with van der Waals surface area (Å²) in [6.45, 7) is 0. The average Bonchev–Trinajstić information content (AvgIpc) is 2.65. The van der Waals surface area contributed by atoms with E-state index >= 15 is 0 Å². The van der Waals surface area contributed by atoms with Gasteiger partial charge in [0.25, 0.3) is 5.69 Å². The van der Waals surface area contributed by atoms with E-state index in [9.17, 15) is 32.7 Å². The molecule has 1 aliphatic rings. The van der Waals surface area contributed by atoms with Crippen LogP contribution in [0.4, 0.5) is 11.4 Å². The van der Waals surface area contributed by atoms with Gasteiger partial charge in [-0.2, -0.15) is 0 Å². The van der Waals surface area contributed by atoms with Gasteiger partial charge in [-0.3, -0.25) is 10.1 Å². The Labute approximate surface area is 113 Å².